The van der Waals surface area contributed by atoms with Crippen molar-refractivity contribution in [1.82, 2.24) is 4.90 Å². The van der Waals surface area contributed by atoms with Gasteiger partial charge in [-0.1, -0.05) is 11.8 Å². The Bertz CT molecular complexity index is 766. The highest BCUT2D eigenvalue weighted by Crippen LogP contribution is 2.43. The van der Waals surface area contributed by atoms with E-state index in [0.29, 0.717) is 11.1 Å². The van der Waals surface area contributed by atoms with Gasteiger partial charge < -0.3 is 14.4 Å². The standard InChI is InChI=1S/C14H11FN2O2S/c15-9-5-8-1-4-19-13(8)10(6-9)12-11(7-18)20-14-16-2-3-17(12)14/h1,4-6,18H,2-3,7H2. The van der Waals surface area contributed by atoms with E-state index in [1.165, 1.54) is 23.9 Å². The second-order valence-corrected chi connectivity index (χ2v) is 5.70. The molecular weight excluding hydrogens is 279 g/mol. The fraction of sp³-hybridized carbons (Fsp3) is 0.214. The molecule has 1 aromatic carbocycles. The summed E-state index contributed by atoms with van der Waals surface area (Å²) in [5.41, 5.74) is 2.13. The smallest absolute Gasteiger partial charge is 0.168 e. The second-order valence-electron chi connectivity index (χ2n) is 4.64. The molecule has 0 fully saturated rings. The molecular formula is C14H11FN2O2S. The summed E-state index contributed by atoms with van der Waals surface area (Å²) < 4.78 is 19.3. The molecule has 20 heavy (non-hydrogen) atoms. The van der Waals surface area contributed by atoms with Crippen molar-refractivity contribution in [3.8, 4) is 0 Å². The maximum atomic E-state index is 13.8. The first-order valence-corrected chi connectivity index (χ1v) is 7.10. The third kappa shape index (κ3) is 1.61. The van der Waals surface area contributed by atoms with E-state index in [2.05, 4.69) is 4.99 Å². The van der Waals surface area contributed by atoms with Gasteiger partial charge in [0.15, 0.2) is 5.17 Å². The van der Waals surface area contributed by atoms with E-state index in [9.17, 15) is 9.50 Å². The molecule has 0 bridgehead atoms. The SMILES string of the molecule is OCC1=C(c2cc(F)cc3ccoc23)N2CCN=C2S1. The Morgan fingerprint density at radius 3 is 3.20 bits per heavy atom. The average Bonchev–Trinajstić information content (AvgIpc) is 3.11. The van der Waals surface area contributed by atoms with Gasteiger partial charge in [-0.25, -0.2) is 4.39 Å². The van der Waals surface area contributed by atoms with Crippen molar-refractivity contribution in [2.24, 2.45) is 4.99 Å². The van der Waals surface area contributed by atoms with Crippen molar-refractivity contribution in [1.29, 1.82) is 0 Å². The minimum absolute atomic E-state index is 0.0891. The third-order valence-electron chi connectivity index (χ3n) is 3.46. The van der Waals surface area contributed by atoms with Crippen LogP contribution in [0, 0.1) is 5.82 Å². The molecule has 4 nitrogen and oxygen atoms in total. The van der Waals surface area contributed by atoms with Crippen molar-refractivity contribution >= 4 is 33.6 Å². The van der Waals surface area contributed by atoms with E-state index in [1.54, 1.807) is 12.3 Å². The van der Waals surface area contributed by atoms with Gasteiger partial charge in [0.2, 0.25) is 0 Å². The van der Waals surface area contributed by atoms with Crippen LogP contribution in [0.3, 0.4) is 0 Å². The molecule has 2 aliphatic rings. The fourth-order valence-electron chi connectivity index (χ4n) is 2.65. The van der Waals surface area contributed by atoms with Crippen LogP contribution in [0.4, 0.5) is 4.39 Å². The lowest BCUT2D eigenvalue weighted by atomic mass is 10.1. The number of fused-ring (bicyclic) bond motifs is 2. The van der Waals surface area contributed by atoms with Crippen molar-refractivity contribution < 1.29 is 13.9 Å². The molecule has 0 amide bonds. The number of rotatable bonds is 2. The number of furan rings is 1. The van der Waals surface area contributed by atoms with Crippen molar-refractivity contribution in [2.45, 2.75) is 0 Å². The molecule has 6 heteroatoms. The number of hydrogen-bond acceptors (Lipinski definition) is 5. The lowest BCUT2D eigenvalue weighted by Gasteiger charge is -2.17. The number of aliphatic hydroxyl groups excluding tert-OH is 1. The summed E-state index contributed by atoms with van der Waals surface area (Å²) >= 11 is 1.44. The van der Waals surface area contributed by atoms with Gasteiger partial charge in [0.05, 0.1) is 25.1 Å². The third-order valence-corrected chi connectivity index (χ3v) is 4.57. The summed E-state index contributed by atoms with van der Waals surface area (Å²) in [4.78, 5) is 7.20. The Morgan fingerprint density at radius 1 is 1.45 bits per heavy atom. The predicted octanol–water partition coefficient (Wildman–Crippen LogP) is 2.65. The summed E-state index contributed by atoms with van der Waals surface area (Å²) in [7, 11) is 0. The van der Waals surface area contributed by atoms with Crippen LogP contribution < -0.4 is 0 Å². The van der Waals surface area contributed by atoms with Gasteiger partial charge in [-0.15, -0.1) is 0 Å². The number of hydrogen-bond donors (Lipinski definition) is 1. The molecule has 1 aromatic heterocycles. The normalized spacial score (nSPS) is 18.1. The Kier molecular flexibility index (Phi) is 2.61. The molecule has 2 aliphatic heterocycles. The van der Waals surface area contributed by atoms with E-state index < -0.39 is 0 Å². The zero-order valence-electron chi connectivity index (χ0n) is 10.5. The van der Waals surface area contributed by atoms with E-state index in [4.69, 9.17) is 4.42 Å². The van der Waals surface area contributed by atoms with Gasteiger partial charge in [0, 0.05) is 22.4 Å². The maximum Gasteiger partial charge on any atom is 0.168 e. The number of thioether (sulfide) groups is 1. The molecule has 102 valence electrons. The van der Waals surface area contributed by atoms with Gasteiger partial charge >= 0.3 is 0 Å². The minimum atomic E-state index is -0.312. The fourth-order valence-corrected chi connectivity index (χ4v) is 3.70. The van der Waals surface area contributed by atoms with Crippen molar-refractivity contribution in [2.75, 3.05) is 19.7 Å². The first-order valence-electron chi connectivity index (χ1n) is 6.29. The Hall–Kier alpha value is -1.79. The maximum absolute atomic E-state index is 13.8. The van der Waals surface area contributed by atoms with Crippen LogP contribution in [0.15, 0.2) is 38.8 Å². The Labute approximate surface area is 118 Å². The highest BCUT2D eigenvalue weighted by atomic mass is 32.2. The van der Waals surface area contributed by atoms with Gasteiger partial charge in [0.25, 0.3) is 0 Å². The number of benzene rings is 1. The van der Waals surface area contributed by atoms with E-state index in [-0.39, 0.29) is 12.4 Å². The second kappa shape index (κ2) is 4.36. The zero-order chi connectivity index (χ0) is 13.7. The van der Waals surface area contributed by atoms with E-state index in [0.717, 1.165) is 34.2 Å². The summed E-state index contributed by atoms with van der Waals surface area (Å²) in [6.07, 6.45) is 1.55. The summed E-state index contributed by atoms with van der Waals surface area (Å²) in [6, 6.07) is 4.64. The highest BCUT2D eigenvalue weighted by Gasteiger charge is 2.34. The van der Waals surface area contributed by atoms with Crippen LogP contribution >= 0.6 is 11.8 Å². The lowest BCUT2D eigenvalue weighted by Crippen LogP contribution is -2.20. The quantitative estimate of drug-likeness (QED) is 0.923. The molecule has 3 heterocycles. The van der Waals surface area contributed by atoms with Gasteiger partial charge in [-0.2, -0.15) is 0 Å². The molecule has 0 saturated carbocycles. The van der Waals surface area contributed by atoms with Gasteiger partial charge in [0.1, 0.15) is 11.4 Å². The van der Waals surface area contributed by atoms with Crippen LogP contribution in [0.1, 0.15) is 5.56 Å². The van der Waals surface area contributed by atoms with Crippen LogP contribution in [-0.4, -0.2) is 34.9 Å². The molecule has 0 saturated heterocycles. The van der Waals surface area contributed by atoms with Crippen LogP contribution in [0.25, 0.3) is 16.7 Å². The van der Waals surface area contributed by atoms with Crippen molar-refractivity contribution in [3.05, 3.63) is 40.7 Å². The highest BCUT2D eigenvalue weighted by molar-refractivity contribution is 8.17. The van der Waals surface area contributed by atoms with Crippen LogP contribution in [-0.2, 0) is 0 Å². The molecule has 0 unspecified atom stereocenters. The predicted molar refractivity (Wildman–Crippen MR) is 76.8 cm³/mol. The molecule has 0 radical (unpaired) electrons. The molecule has 2 aromatic rings. The first-order chi connectivity index (χ1) is 9.78. The van der Waals surface area contributed by atoms with E-state index in [1.807, 2.05) is 4.90 Å². The lowest BCUT2D eigenvalue weighted by molar-refractivity contribution is 0.339. The van der Waals surface area contributed by atoms with E-state index >= 15 is 0 Å². The number of amidine groups is 1. The number of halogens is 1. The molecule has 0 aliphatic carbocycles. The Morgan fingerprint density at radius 2 is 2.35 bits per heavy atom. The van der Waals surface area contributed by atoms with Gasteiger partial charge in [-0.05, 0) is 18.2 Å². The topological polar surface area (TPSA) is 49.0 Å². The molecule has 0 atom stereocenters. The minimum Gasteiger partial charge on any atom is -0.464 e. The monoisotopic (exact) mass is 290 g/mol. The molecule has 1 N–H and O–H groups in total. The average molecular weight is 290 g/mol. The molecule has 4 rings (SSSR count). The van der Waals surface area contributed by atoms with Gasteiger partial charge in [-0.3, -0.25) is 4.99 Å². The summed E-state index contributed by atoms with van der Waals surface area (Å²) in [5.74, 6) is -0.312. The summed E-state index contributed by atoms with van der Waals surface area (Å²) in [6.45, 7) is 1.38. The van der Waals surface area contributed by atoms with Crippen molar-refractivity contribution in [3.63, 3.8) is 0 Å². The number of aliphatic imine (C=N–C) groups is 1. The number of nitrogens with zero attached hydrogens (tertiary/aromatic N) is 2. The Balaban J connectivity index is 1.97. The number of aliphatic hydroxyl groups is 1. The zero-order valence-corrected chi connectivity index (χ0v) is 11.3. The van der Waals surface area contributed by atoms with Crippen LogP contribution in [0.2, 0.25) is 0 Å². The first kappa shape index (κ1) is 12.0. The largest absolute Gasteiger partial charge is 0.464 e. The van der Waals surface area contributed by atoms with Crippen LogP contribution in [0.5, 0.6) is 0 Å². The summed E-state index contributed by atoms with van der Waals surface area (Å²) in [5, 5.41) is 11.2. The molecule has 0 spiro atoms.